The van der Waals surface area contributed by atoms with E-state index in [0.717, 1.165) is 0 Å². The summed E-state index contributed by atoms with van der Waals surface area (Å²) in [6, 6.07) is 0. The zero-order valence-corrected chi connectivity index (χ0v) is 11.6. The predicted molar refractivity (Wildman–Crippen MR) is 27.6 cm³/mol. The van der Waals surface area contributed by atoms with E-state index in [1.54, 1.807) is 0 Å². The molecular formula is H8Cu3O11Si2. The smallest absolute Gasteiger partial charge is 0.870 e. The minimum Gasteiger partial charge on any atom is -0.870 e. The van der Waals surface area contributed by atoms with Gasteiger partial charge < -0.3 is 55.5 Å². The molecule has 16 heavy (non-hydrogen) atoms. The monoisotopic (exact) mass is 429 g/mol. The largest absolute Gasteiger partial charge is 2.00 e. The molecule has 11 nitrogen and oxygen atoms in total. The Morgan fingerprint density at radius 1 is 0.562 bits per heavy atom. The number of hydrogen-bond acceptors (Lipinski definition) is 8. The summed E-state index contributed by atoms with van der Waals surface area (Å²) in [4.78, 5) is 34.1. The average molecular weight is 431 g/mol. The first kappa shape index (κ1) is 92.8. The van der Waals surface area contributed by atoms with E-state index < -0.39 is 18.3 Å². The normalized spacial score (nSPS) is 3.00. The molecule has 0 heterocycles. The Morgan fingerprint density at radius 2 is 0.562 bits per heavy atom. The summed E-state index contributed by atoms with van der Waals surface area (Å²) in [6.45, 7) is 0. The van der Waals surface area contributed by atoms with Gasteiger partial charge in [0.1, 0.15) is 0 Å². The molecule has 0 atom stereocenters. The van der Waals surface area contributed by atoms with Crippen molar-refractivity contribution in [3.63, 3.8) is 0 Å². The van der Waals surface area contributed by atoms with Crippen molar-refractivity contribution >= 4 is 18.3 Å². The van der Waals surface area contributed by atoms with Crippen LogP contribution >= 0.6 is 0 Å². The minimum absolute atomic E-state index is 0. The molecule has 0 bridgehead atoms. The summed E-state index contributed by atoms with van der Waals surface area (Å²) < 4.78 is 17.0. The molecule has 0 aliphatic heterocycles. The van der Waals surface area contributed by atoms with Crippen molar-refractivity contribution in [3.8, 4) is 0 Å². The van der Waals surface area contributed by atoms with Crippen LogP contribution in [0.1, 0.15) is 0 Å². The fourth-order valence-corrected chi connectivity index (χ4v) is 0. The van der Waals surface area contributed by atoms with E-state index in [2.05, 4.69) is 0 Å². The van der Waals surface area contributed by atoms with Gasteiger partial charge in [-0.05, 0) is 0 Å². The van der Waals surface area contributed by atoms with Gasteiger partial charge in [-0.15, -0.1) is 0 Å². The van der Waals surface area contributed by atoms with Gasteiger partial charge in [-0.3, -0.25) is 0 Å². The molecule has 115 valence electrons. The van der Waals surface area contributed by atoms with Gasteiger partial charge in [0.15, 0.2) is 0 Å². The molecule has 0 aliphatic rings. The van der Waals surface area contributed by atoms with E-state index in [9.17, 15) is 0 Å². The van der Waals surface area contributed by atoms with Crippen LogP contribution in [0.25, 0.3) is 0 Å². The van der Waals surface area contributed by atoms with E-state index in [0.29, 0.717) is 0 Å². The average Bonchev–Trinajstić information content (AvgIpc) is 1.25. The molecule has 16 heteroatoms. The second kappa shape index (κ2) is 76.4. The SMILES string of the molecule is O.O.O.O=[Si]([O-])[O-].O=[Si]([O-])[O-].[Cu+2].[Cu+2].[Cu+2].[OH-].[OH-]. The van der Waals surface area contributed by atoms with Gasteiger partial charge in [0.25, 0.3) is 0 Å². The summed E-state index contributed by atoms with van der Waals surface area (Å²) in [5, 5.41) is 0. The van der Waals surface area contributed by atoms with Crippen LogP contribution in [0.5, 0.6) is 0 Å². The molecule has 0 amide bonds. The third kappa shape index (κ3) is 7690. The fraction of sp³-hybridized carbons (Fsp3) is 0. The third-order valence-electron chi connectivity index (χ3n) is 0. The molecule has 0 fully saturated rings. The molecule has 8 N–H and O–H groups in total. The van der Waals surface area contributed by atoms with Crippen molar-refractivity contribution in [1.82, 2.24) is 0 Å². The molecule has 0 aromatic rings. The van der Waals surface area contributed by atoms with Crippen LogP contribution in [0.4, 0.5) is 0 Å². The van der Waals surface area contributed by atoms with Gasteiger partial charge in [0, 0.05) is 18.3 Å². The summed E-state index contributed by atoms with van der Waals surface area (Å²) in [5.74, 6) is 0. The Hall–Kier alpha value is 0.592. The number of rotatable bonds is 0. The molecule has 0 saturated heterocycles. The predicted octanol–water partition coefficient (Wildman–Crippen LogP) is -8.59. The van der Waals surface area contributed by atoms with Crippen LogP contribution in [0, 0.1) is 0 Å². The molecule has 3 radical (unpaired) electrons. The number of hydrogen-bond donors (Lipinski definition) is 0. The van der Waals surface area contributed by atoms with E-state index in [-0.39, 0.29) is 78.6 Å². The van der Waals surface area contributed by atoms with E-state index in [1.165, 1.54) is 0 Å². The zero-order valence-electron chi connectivity index (χ0n) is 6.75. The van der Waals surface area contributed by atoms with Crippen LogP contribution in [-0.4, -0.2) is 45.7 Å². The Labute approximate surface area is 125 Å². The second-order valence-corrected chi connectivity index (χ2v) is 1.50. The van der Waals surface area contributed by atoms with Crippen molar-refractivity contribution in [2.24, 2.45) is 0 Å². The summed E-state index contributed by atoms with van der Waals surface area (Å²) in [6.07, 6.45) is 0. The molecule has 0 saturated carbocycles. The van der Waals surface area contributed by atoms with Crippen LogP contribution in [0.15, 0.2) is 0 Å². The van der Waals surface area contributed by atoms with Gasteiger partial charge in [0.05, 0.1) is 0 Å². The first-order chi connectivity index (χ1) is 3.46. The molecular weight excluding hydrogens is 423 g/mol. The van der Waals surface area contributed by atoms with Gasteiger partial charge >= 0.3 is 51.2 Å². The van der Waals surface area contributed by atoms with Crippen molar-refractivity contribution in [2.45, 2.75) is 0 Å². The quantitative estimate of drug-likeness (QED) is 0.331. The summed E-state index contributed by atoms with van der Waals surface area (Å²) in [7, 11) is -7.26. The van der Waals surface area contributed by atoms with Gasteiger partial charge in [-0.1, -0.05) is 0 Å². The molecule has 0 spiro atoms. The topological polar surface area (TPSA) is 281 Å². The van der Waals surface area contributed by atoms with E-state index in [1.807, 2.05) is 0 Å². The summed E-state index contributed by atoms with van der Waals surface area (Å²) >= 11 is 0. The molecule has 0 unspecified atom stereocenters. The Morgan fingerprint density at radius 3 is 0.562 bits per heavy atom. The Bertz CT molecular complexity index is 77.2. The summed E-state index contributed by atoms with van der Waals surface area (Å²) in [5.41, 5.74) is 0. The zero-order chi connectivity index (χ0) is 7.15. The van der Waals surface area contributed by atoms with Crippen molar-refractivity contribution < 1.29 is 107 Å². The first-order valence-corrected chi connectivity index (χ1v) is 3.67. The van der Waals surface area contributed by atoms with Crippen molar-refractivity contribution in [1.29, 1.82) is 0 Å². The van der Waals surface area contributed by atoms with E-state index in [4.69, 9.17) is 28.1 Å². The Balaban J connectivity index is -0.00000000375. The Kier molecular flexibility index (Phi) is 443. The third-order valence-corrected chi connectivity index (χ3v) is 0. The second-order valence-electron chi connectivity index (χ2n) is 0.500. The van der Waals surface area contributed by atoms with Crippen LogP contribution in [0.2, 0.25) is 0 Å². The molecule has 0 rings (SSSR count). The fourth-order valence-electron chi connectivity index (χ4n) is 0. The maximum atomic E-state index is 8.52. The molecule has 0 aromatic carbocycles. The van der Waals surface area contributed by atoms with E-state index >= 15 is 0 Å². The molecule has 0 aromatic heterocycles. The van der Waals surface area contributed by atoms with Gasteiger partial charge in [-0.2, -0.15) is 0 Å². The molecule has 0 aliphatic carbocycles. The van der Waals surface area contributed by atoms with Crippen LogP contribution in [-0.2, 0) is 60.1 Å². The van der Waals surface area contributed by atoms with Gasteiger partial charge in [0.2, 0.25) is 0 Å². The van der Waals surface area contributed by atoms with Crippen LogP contribution < -0.4 is 19.2 Å². The maximum absolute atomic E-state index is 8.52. The van der Waals surface area contributed by atoms with Crippen molar-refractivity contribution in [3.05, 3.63) is 0 Å². The van der Waals surface area contributed by atoms with Crippen molar-refractivity contribution in [2.75, 3.05) is 0 Å². The first-order valence-electron chi connectivity index (χ1n) is 1.22. The minimum atomic E-state index is -3.63. The standard InChI is InChI=1S/3Cu.2O3Si.5H2O/c;;;2*1-4(2)3;;;;;/h;;;;;5*1H2/q3*+2;2*-2;;;;;/p-2. The maximum Gasteiger partial charge on any atom is 2.00 e. The van der Waals surface area contributed by atoms with Crippen LogP contribution in [0.3, 0.4) is 0 Å². The van der Waals surface area contributed by atoms with Gasteiger partial charge in [-0.25, -0.2) is 0 Å².